The summed E-state index contributed by atoms with van der Waals surface area (Å²) in [5.41, 5.74) is 0.335. The third kappa shape index (κ3) is 2.96. The fourth-order valence-corrected chi connectivity index (χ4v) is 2.84. The molecule has 19 heavy (non-hydrogen) atoms. The number of aromatic nitrogens is 4. The van der Waals surface area contributed by atoms with Gasteiger partial charge in [-0.15, -0.1) is 0 Å². The normalized spacial score (nSPS) is 17.1. The molecule has 0 saturated carbocycles. The molecule has 1 aliphatic heterocycles. The van der Waals surface area contributed by atoms with Crippen LogP contribution < -0.4 is 5.69 Å². The van der Waals surface area contributed by atoms with Crippen molar-refractivity contribution in [2.75, 3.05) is 38.6 Å². The monoisotopic (exact) mass is 281 g/mol. The number of morpholine rings is 1. The molecular formula is C11H15N5O2S. The third-order valence-electron chi connectivity index (χ3n) is 3.00. The minimum Gasteiger partial charge on any atom is -0.379 e. The quantitative estimate of drug-likeness (QED) is 0.785. The SMILES string of the molecule is O=c1[nH]c(SCCN2CCOCC2)nc2ccnn12. The fraction of sp³-hybridized carbons (Fsp3) is 0.545. The lowest BCUT2D eigenvalue weighted by atomic mass is 10.4. The summed E-state index contributed by atoms with van der Waals surface area (Å²) in [5, 5.41) is 4.54. The first-order valence-corrected chi connectivity index (χ1v) is 7.18. The van der Waals surface area contributed by atoms with Crippen molar-refractivity contribution in [1.29, 1.82) is 0 Å². The number of H-pyrrole nitrogens is 1. The van der Waals surface area contributed by atoms with Gasteiger partial charge in [0.15, 0.2) is 10.8 Å². The van der Waals surface area contributed by atoms with Crippen molar-refractivity contribution in [2.45, 2.75) is 5.16 Å². The summed E-state index contributed by atoms with van der Waals surface area (Å²) >= 11 is 1.56. The number of ether oxygens (including phenoxy) is 1. The van der Waals surface area contributed by atoms with Gasteiger partial charge in [0.25, 0.3) is 0 Å². The predicted molar refractivity (Wildman–Crippen MR) is 71.6 cm³/mol. The number of nitrogens with zero attached hydrogens (tertiary/aromatic N) is 4. The molecule has 8 heteroatoms. The Morgan fingerprint density at radius 2 is 2.26 bits per heavy atom. The number of hydrogen-bond donors (Lipinski definition) is 1. The largest absolute Gasteiger partial charge is 0.379 e. The molecule has 1 N–H and O–H groups in total. The van der Waals surface area contributed by atoms with Gasteiger partial charge < -0.3 is 4.74 Å². The number of thioether (sulfide) groups is 1. The van der Waals surface area contributed by atoms with E-state index in [4.69, 9.17) is 4.74 Å². The average Bonchev–Trinajstić information content (AvgIpc) is 2.89. The van der Waals surface area contributed by atoms with E-state index in [1.165, 1.54) is 4.52 Å². The summed E-state index contributed by atoms with van der Waals surface area (Å²) in [6.45, 7) is 4.55. The Hall–Kier alpha value is -1.38. The van der Waals surface area contributed by atoms with E-state index in [1.807, 2.05) is 0 Å². The lowest BCUT2D eigenvalue weighted by Crippen LogP contribution is -2.37. The second-order valence-corrected chi connectivity index (χ2v) is 5.33. The Morgan fingerprint density at radius 3 is 3.11 bits per heavy atom. The molecule has 7 nitrogen and oxygen atoms in total. The molecule has 0 bridgehead atoms. The standard InChI is InChI=1S/C11H15N5O2S/c17-11-14-10(13-9-1-2-12-16(9)11)19-8-5-15-3-6-18-7-4-15/h1-2H,3-8H2,(H,13,14,17). The molecule has 102 valence electrons. The fourth-order valence-electron chi connectivity index (χ4n) is 1.98. The molecule has 2 aromatic heterocycles. The van der Waals surface area contributed by atoms with Gasteiger partial charge in [0, 0.05) is 31.5 Å². The van der Waals surface area contributed by atoms with Crippen molar-refractivity contribution in [1.82, 2.24) is 24.5 Å². The highest BCUT2D eigenvalue weighted by molar-refractivity contribution is 7.99. The van der Waals surface area contributed by atoms with Crippen molar-refractivity contribution in [3.8, 4) is 0 Å². The van der Waals surface area contributed by atoms with Gasteiger partial charge in [0.05, 0.1) is 19.4 Å². The molecule has 0 aliphatic carbocycles. The molecule has 3 rings (SSSR count). The summed E-state index contributed by atoms with van der Waals surface area (Å²) < 4.78 is 6.56. The maximum absolute atomic E-state index is 11.7. The van der Waals surface area contributed by atoms with E-state index >= 15 is 0 Å². The van der Waals surface area contributed by atoms with Gasteiger partial charge >= 0.3 is 5.69 Å². The Morgan fingerprint density at radius 1 is 1.42 bits per heavy atom. The van der Waals surface area contributed by atoms with Gasteiger partial charge in [-0.1, -0.05) is 11.8 Å². The third-order valence-corrected chi connectivity index (χ3v) is 3.85. The van der Waals surface area contributed by atoms with E-state index < -0.39 is 0 Å². The summed E-state index contributed by atoms with van der Waals surface area (Å²) in [7, 11) is 0. The molecule has 1 saturated heterocycles. The number of aromatic amines is 1. The molecule has 0 aromatic carbocycles. The average molecular weight is 281 g/mol. The number of fused-ring (bicyclic) bond motifs is 1. The van der Waals surface area contributed by atoms with Crippen LogP contribution in [0, 0.1) is 0 Å². The van der Waals surface area contributed by atoms with Gasteiger partial charge in [-0.05, 0) is 0 Å². The van der Waals surface area contributed by atoms with Crippen LogP contribution in [-0.4, -0.2) is 63.1 Å². The van der Waals surface area contributed by atoms with Crippen molar-refractivity contribution < 1.29 is 4.74 Å². The van der Waals surface area contributed by atoms with Crippen LogP contribution in [0.4, 0.5) is 0 Å². The van der Waals surface area contributed by atoms with E-state index in [0.717, 1.165) is 38.6 Å². The lowest BCUT2D eigenvalue weighted by molar-refractivity contribution is 0.0410. The van der Waals surface area contributed by atoms with Crippen molar-refractivity contribution >= 4 is 17.4 Å². The van der Waals surface area contributed by atoms with Crippen LogP contribution in [0.5, 0.6) is 0 Å². The Bertz CT molecular complexity index is 604. The first kappa shape index (κ1) is 12.6. The van der Waals surface area contributed by atoms with Gasteiger partial charge in [-0.3, -0.25) is 9.88 Å². The minimum absolute atomic E-state index is 0.246. The van der Waals surface area contributed by atoms with Crippen molar-refractivity contribution in [3.05, 3.63) is 22.7 Å². The van der Waals surface area contributed by atoms with E-state index in [9.17, 15) is 4.79 Å². The van der Waals surface area contributed by atoms with Crippen LogP contribution in [0.15, 0.2) is 22.2 Å². The number of nitrogens with one attached hydrogen (secondary N) is 1. The topological polar surface area (TPSA) is 75.5 Å². The maximum atomic E-state index is 11.7. The summed E-state index contributed by atoms with van der Waals surface area (Å²) in [5.74, 6) is 0.896. The minimum atomic E-state index is -0.246. The zero-order chi connectivity index (χ0) is 13.1. The highest BCUT2D eigenvalue weighted by Gasteiger charge is 2.10. The summed E-state index contributed by atoms with van der Waals surface area (Å²) in [6, 6.07) is 1.72. The van der Waals surface area contributed by atoms with Crippen molar-refractivity contribution in [2.24, 2.45) is 0 Å². The molecule has 0 spiro atoms. The molecule has 0 amide bonds. The summed E-state index contributed by atoms with van der Waals surface area (Å²) in [4.78, 5) is 21.1. The zero-order valence-electron chi connectivity index (χ0n) is 10.4. The van der Waals surface area contributed by atoms with E-state index in [2.05, 4.69) is 20.0 Å². The smallest absolute Gasteiger partial charge is 0.350 e. The molecule has 1 fully saturated rings. The van der Waals surface area contributed by atoms with E-state index in [1.54, 1.807) is 24.0 Å². The van der Waals surface area contributed by atoms with E-state index in [0.29, 0.717) is 10.8 Å². The molecule has 3 heterocycles. The van der Waals surface area contributed by atoms with E-state index in [-0.39, 0.29) is 5.69 Å². The number of hydrogen-bond acceptors (Lipinski definition) is 6. The lowest BCUT2D eigenvalue weighted by Gasteiger charge is -2.26. The zero-order valence-corrected chi connectivity index (χ0v) is 11.2. The second kappa shape index (κ2) is 5.72. The molecular weight excluding hydrogens is 266 g/mol. The Balaban J connectivity index is 1.60. The van der Waals surface area contributed by atoms with Gasteiger partial charge in [-0.25, -0.2) is 9.78 Å². The highest BCUT2D eigenvalue weighted by atomic mass is 32.2. The first-order valence-electron chi connectivity index (χ1n) is 6.20. The Labute approximate surface area is 114 Å². The number of rotatable bonds is 4. The van der Waals surface area contributed by atoms with Crippen LogP contribution in [0.2, 0.25) is 0 Å². The van der Waals surface area contributed by atoms with Crippen LogP contribution in [0.3, 0.4) is 0 Å². The molecule has 1 aliphatic rings. The van der Waals surface area contributed by atoms with Gasteiger partial charge in [0.1, 0.15) is 0 Å². The van der Waals surface area contributed by atoms with Crippen LogP contribution in [0.25, 0.3) is 5.65 Å². The molecule has 0 unspecified atom stereocenters. The summed E-state index contributed by atoms with van der Waals surface area (Å²) in [6.07, 6.45) is 1.57. The maximum Gasteiger partial charge on any atom is 0.350 e. The van der Waals surface area contributed by atoms with Crippen LogP contribution in [-0.2, 0) is 4.74 Å². The molecule has 2 aromatic rings. The molecule has 0 atom stereocenters. The van der Waals surface area contributed by atoms with Crippen LogP contribution >= 0.6 is 11.8 Å². The predicted octanol–water partition coefficient (Wildman–Crippen LogP) is -0.158. The highest BCUT2D eigenvalue weighted by Crippen LogP contribution is 2.12. The van der Waals surface area contributed by atoms with Gasteiger partial charge in [-0.2, -0.15) is 9.61 Å². The second-order valence-electron chi connectivity index (χ2n) is 4.25. The Kier molecular flexibility index (Phi) is 3.81. The first-order chi connectivity index (χ1) is 9.33. The van der Waals surface area contributed by atoms with Crippen LogP contribution in [0.1, 0.15) is 0 Å². The molecule has 0 radical (unpaired) electrons. The van der Waals surface area contributed by atoms with Gasteiger partial charge in [0.2, 0.25) is 0 Å². The van der Waals surface area contributed by atoms with Crippen molar-refractivity contribution in [3.63, 3.8) is 0 Å².